The van der Waals surface area contributed by atoms with Crippen molar-refractivity contribution in [3.05, 3.63) is 10.6 Å². The topological polar surface area (TPSA) is 33.2 Å². The van der Waals surface area contributed by atoms with E-state index in [1.807, 2.05) is 0 Å². The van der Waals surface area contributed by atoms with Crippen LogP contribution < -0.4 is 4.90 Å². The fourth-order valence-corrected chi connectivity index (χ4v) is 3.37. The van der Waals surface area contributed by atoms with Gasteiger partial charge >= 0.3 is 0 Å². The Morgan fingerprint density at radius 1 is 1.59 bits per heavy atom. The monoisotopic (exact) mass is 252 g/mol. The van der Waals surface area contributed by atoms with Crippen molar-refractivity contribution in [2.24, 2.45) is 5.92 Å². The molecule has 3 nitrogen and oxygen atoms in total. The summed E-state index contributed by atoms with van der Waals surface area (Å²) in [6.45, 7) is 8.60. The van der Waals surface area contributed by atoms with Crippen molar-refractivity contribution in [2.45, 2.75) is 39.5 Å². The number of hydrogen-bond acceptors (Lipinski definition) is 4. The van der Waals surface area contributed by atoms with Gasteiger partial charge in [0.2, 0.25) is 0 Å². The molecule has 1 aliphatic rings. The second-order valence-corrected chi connectivity index (χ2v) is 6.04. The van der Waals surface area contributed by atoms with Crippen LogP contribution in [-0.4, -0.2) is 24.4 Å². The third-order valence-corrected chi connectivity index (χ3v) is 4.51. The van der Waals surface area contributed by atoms with Gasteiger partial charge in [0.25, 0.3) is 0 Å². The molecule has 0 aromatic carbocycles. The largest absolute Gasteiger partial charge is 0.348 e. The van der Waals surface area contributed by atoms with Crippen LogP contribution in [0.15, 0.2) is 0 Å². The maximum absolute atomic E-state index is 11.0. The molecule has 1 aromatic heterocycles. The Kier molecular flexibility index (Phi) is 3.82. The summed E-state index contributed by atoms with van der Waals surface area (Å²) in [6.07, 6.45) is 3.44. The lowest BCUT2D eigenvalue weighted by atomic mass is 10.1. The number of carbonyl (C=O) groups excluding carboxylic acids is 1. The maximum Gasteiger partial charge on any atom is 0.186 e. The Morgan fingerprint density at radius 2 is 2.35 bits per heavy atom. The van der Waals surface area contributed by atoms with Crippen LogP contribution in [-0.2, 0) is 0 Å². The van der Waals surface area contributed by atoms with Gasteiger partial charge in [0, 0.05) is 13.1 Å². The zero-order valence-electron chi connectivity index (χ0n) is 10.8. The number of nitrogens with zero attached hydrogens (tertiary/aromatic N) is 2. The summed E-state index contributed by atoms with van der Waals surface area (Å²) in [5, 5.41) is 1.03. The number of hydrogen-bond donors (Lipinski definition) is 0. The molecule has 0 saturated carbocycles. The molecule has 94 valence electrons. The van der Waals surface area contributed by atoms with E-state index in [4.69, 9.17) is 0 Å². The summed E-state index contributed by atoms with van der Waals surface area (Å²) < 4.78 is 0. The zero-order valence-corrected chi connectivity index (χ0v) is 11.6. The van der Waals surface area contributed by atoms with Crippen LogP contribution in [0.4, 0.5) is 5.13 Å². The first kappa shape index (κ1) is 12.6. The molecule has 1 saturated heterocycles. The first-order chi connectivity index (χ1) is 8.15. The number of rotatable bonds is 4. The predicted octanol–water partition coefficient (Wildman–Crippen LogP) is 3.32. The lowest BCUT2D eigenvalue weighted by Gasteiger charge is -2.14. The highest BCUT2D eigenvalue weighted by atomic mass is 32.1. The molecule has 0 spiro atoms. The van der Waals surface area contributed by atoms with Crippen molar-refractivity contribution < 1.29 is 4.79 Å². The van der Waals surface area contributed by atoms with E-state index in [1.165, 1.54) is 12.8 Å². The van der Waals surface area contributed by atoms with Crippen LogP contribution >= 0.6 is 11.3 Å². The SMILES string of the molecule is CCC1CCN(c2nc(C(C)C)c(C=O)s2)C1. The molecule has 0 radical (unpaired) electrons. The zero-order chi connectivity index (χ0) is 12.4. The lowest BCUT2D eigenvalue weighted by Crippen LogP contribution is -2.19. The number of thiazole rings is 1. The van der Waals surface area contributed by atoms with Gasteiger partial charge < -0.3 is 4.90 Å². The van der Waals surface area contributed by atoms with Crippen molar-refractivity contribution in [2.75, 3.05) is 18.0 Å². The van der Waals surface area contributed by atoms with Crippen LogP contribution in [0.25, 0.3) is 0 Å². The van der Waals surface area contributed by atoms with Gasteiger partial charge in [-0.05, 0) is 18.3 Å². The summed E-state index contributed by atoms with van der Waals surface area (Å²) in [5.41, 5.74) is 0.958. The van der Waals surface area contributed by atoms with Gasteiger partial charge in [-0.1, -0.05) is 38.5 Å². The van der Waals surface area contributed by atoms with E-state index in [0.717, 1.165) is 41.0 Å². The van der Waals surface area contributed by atoms with E-state index >= 15 is 0 Å². The molecule has 0 bridgehead atoms. The molecule has 2 heterocycles. The maximum atomic E-state index is 11.0. The average Bonchev–Trinajstić information content (AvgIpc) is 2.94. The Bertz CT molecular complexity index is 400. The first-order valence-corrected chi connectivity index (χ1v) is 7.18. The van der Waals surface area contributed by atoms with E-state index in [-0.39, 0.29) is 0 Å². The first-order valence-electron chi connectivity index (χ1n) is 6.36. The van der Waals surface area contributed by atoms with Crippen molar-refractivity contribution >= 4 is 22.8 Å². The second-order valence-electron chi connectivity index (χ2n) is 5.03. The summed E-state index contributed by atoms with van der Waals surface area (Å²) in [6, 6.07) is 0. The quantitative estimate of drug-likeness (QED) is 0.771. The molecule has 1 unspecified atom stereocenters. The van der Waals surface area contributed by atoms with Gasteiger partial charge in [0.1, 0.15) is 0 Å². The van der Waals surface area contributed by atoms with Crippen LogP contribution in [0.5, 0.6) is 0 Å². The minimum Gasteiger partial charge on any atom is -0.348 e. The molecule has 0 aliphatic carbocycles. The molecule has 0 amide bonds. The molecule has 1 fully saturated rings. The lowest BCUT2D eigenvalue weighted by molar-refractivity contribution is 0.112. The summed E-state index contributed by atoms with van der Waals surface area (Å²) in [7, 11) is 0. The van der Waals surface area contributed by atoms with Crippen LogP contribution in [0.3, 0.4) is 0 Å². The van der Waals surface area contributed by atoms with E-state index in [2.05, 4.69) is 30.7 Å². The molecular weight excluding hydrogens is 232 g/mol. The Morgan fingerprint density at radius 3 is 2.82 bits per heavy atom. The third kappa shape index (κ3) is 2.51. The fraction of sp³-hybridized carbons (Fsp3) is 0.692. The minimum absolute atomic E-state index is 0.324. The molecule has 1 aromatic rings. The normalized spacial score (nSPS) is 20.2. The van der Waals surface area contributed by atoms with E-state index in [1.54, 1.807) is 11.3 Å². The average molecular weight is 252 g/mol. The fourth-order valence-electron chi connectivity index (χ4n) is 2.30. The smallest absolute Gasteiger partial charge is 0.186 e. The molecule has 1 aliphatic heterocycles. The van der Waals surface area contributed by atoms with E-state index in [9.17, 15) is 4.79 Å². The Balaban J connectivity index is 2.19. The van der Waals surface area contributed by atoms with Crippen molar-refractivity contribution in [3.63, 3.8) is 0 Å². The summed E-state index contributed by atoms with van der Waals surface area (Å²) >= 11 is 1.54. The Hall–Kier alpha value is -0.900. The molecule has 2 rings (SSSR count). The number of aromatic nitrogens is 1. The number of anilines is 1. The highest BCUT2D eigenvalue weighted by Gasteiger charge is 2.25. The van der Waals surface area contributed by atoms with Crippen molar-refractivity contribution in [1.29, 1.82) is 0 Å². The highest BCUT2D eigenvalue weighted by molar-refractivity contribution is 7.17. The van der Waals surface area contributed by atoms with Crippen molar-refractivity contribution in [1.82, 2.24) is 4.98 Å². The second kappa shape index (κ2) is 5.17. The van der Waals surface area contributed by atoms with Gasteiger partial charge in [-0.2, -0.15) is 0 Å². The van der Waals surface area contributed by atoms with Crippen LogP contribution in [0.2, 0.25) is 0 Å². The standard InChI is InChI=1S/C13H20N2OS/c1-4-10-5-6-15(7-10)13-14-12(9(2)3)11(8-16)17-13/h8-10H,4-7H2,1-3H3. The van der Waals surface area contributed by atoms with Gasteiger partial charge in [0.05, 0.1) is 10.6 Å². The Labute approximate surface area is 107 Å². The highest BCUT2D eigenvalue weighted by Crippen LogP contribution is 2.33. The summed E-state index contributed by atoms with van der Waals surface area (Å²) in [5.74, 6) is 1.12. The third-order valence-electron chi connectivity index (χ3n) is 3.46. The van der Waals surface area contributed by atoms with Crippen LogP contribution in [0.1, 0.15) is 54.9 Å². The van der Waals surface area contributed by atoms with Gasteiger partial charge in [-0.3, -0.25) is 4.79 Å². The molecule has 4 heteroatoms. The summed E-state index contributed by atoms with van der Waals surface area (Å²) in [4.78, 5) is 18.8. The molecular formula is C13H20N2OS. The molecule has 17 heavy (non-hydrogen) atoms. The number of carbonyl (C=O) groups is 1. The molecule has 1 atom stereocenters. The van der Waals surface area contributed by atoms with Gasteiger partial charge in [-0.25, -0.2) is 4.98 Å². The van der Waals surface area contributed by atoms with Gasteiger partial charge in [-0.15, -0.1) is 0 Å². The van der Waals surface area contributed by atoms with E-state index < -0.39 is 0 Å². The minimum atomic E-state index is 0.324. The van der Waals surface area contributed by atoms with Gasteiger partial charge in [0.15, 0.2) is 11.4 Å². The number of aldehydes is 1. The van der Waals surface area contributed by atoms with Crippen molar-refractivity contribution in [3.8, 4) is 0 Å². The van der Waals surface area contributed by atoms with Crippen LogP contribution in [0, 0.1) is 5.92 Å². The van der Waals surface area contributed by atoms with E-state index in [0.29, 0.717) is 5.92 Å². The molecule has 0 N–H and O–H groups in total. The predicted molar refractivity (Wildman–Crippen MR) is 72.2 cm³/mol.